The van der Waals surface area contributed by atoms with Gasteiger partial charge in [0, 0.05) is 0 Å². The van der Waals surface area contributed by atoms with Crippen molar-refractivity contribution in [1.82, 2.24) is 15.0 Å². The molecule has 0 aliphatic heterocycles. The van der Waals surface area contributed by atoms with E-state index in [0.717, 1.165) is 0 Å². The van der Waals surface area contributed by atoms with Crippen molar-refractivity contribution in [1.29, 1.82) is 0 Å². The van der Waals surface area contributed by atoms with Crippen LogP contribution in [0.3, 0.4) is 0 Å². The Kier molecular flexibility index (Phi) is 3.04. The number of halogens is 1. The Morgan fingerprint density at radius 3 is 3.08 bits per heavy atom. The van der Waals surface area contributed by atoms with Crippen LogP contribution in [-0.2, 0) is 22.0 Å². The molecule has 0 unspecified atom stereocenters. The maximum absolute atomic E-state index is 10.7. The van der Waals surface area contributed by atoms with Crippen molar-refractivity contribution in [2.45, 2.75) is 12.4 Å². The molecule has 1 rings (SSSR count). The molecule has 0 spiro atoms. The summed E-state index contributed by atoms with van der Waals surface area (Å²) in [5.74, 6) is -0.0673. The van der Waals surface area contributed by atoms with E-state index in [-0.39, 0.29) is 12.5 Å². The second-order valence-electron chi connectivity index (χ2n) is 2.12. The van der Waals surface area contributed by atoms with Gasteiger partial charge in [0.2, 0.25) is 0 Å². The van der Waals surface area contributed by atoms with Crippen molar-refractivity contribution in [2.75, 3.05) is 7.11 Å². The molecule has 66 valence electrons. The maximum Gasteiger partial charge on any atom is 0.327 e. The molecule has 0 aromatic carbocycles. The molecule has 0 bridgehead atoms. The van der Waals surface area contributed by atoms with Gasteiger partial charge < -0.3 is 4.74 Å². The van der Waals surface area contributed by atoms with E-state index in [9.17, 15) is 4.79 Å². The average molecular weight is 190 g/mol. The predicted octanol–water partition coefficient (Wildman–Crippen LogP) is 0.190. The summed E-state index contributed by atoms with van der Waals surface area (Å²) in [7, 11) is 1.32. The third-order valence-corrected chi connectivity index (χ3v) is 1.52. The number of alkyl halides is 1. The van der Waals surface area contributed by atoms with E-state index in [2.05, 4.69) is 15.0 Å². The fourth-order valence-electron chi connectivity index (χ4n) is 0.674. The normalized spacial score (nSPS) is 9.83. The van der Waals surface area contributed by atoms with E-state index in [1.165, 1.54) is 11.8 Å². The Balaban J connectivity index is 2.58. The number of ether oxygens (including phenoxy) is 1. The Labute approximate surface area is 74.3 Å². The number of methoxy groups -OCH3 is 1. The second-order valence-corrected chi connectivity index (χ2v) is 2.38. The lowest BCUT2D eigenvalue weighted by molar-refractivity contribution is -0.141. The summed E-state index contributed by atoms with van der Waals surface area (Å²) in [5, 5.41) is 7.35. The van der Waals surface area contributed by atoms with E-state index in [1.54, 1.807) is 6.20 Å². The van der Waals surface area contributed by atoms with Crippen molar-refractivity contribution in [3.05, 3.63) is 11.9 Å². The van der Waals surface area contributed by atoms with Crippen LogP contribution in [0.2, 0.25) is 0 Å². The Morgan fingerprint density at radius 2 is 2.58 bits per heavy atom. The minimum Gasteiger partial charge on any atom is -0.468 e. The molecule has 0 amide bonds. The molecule has 0 radical (unpaired) electrons. The lowest BCUT2D eigenvalue weighted by atomic mass is 10.5. The monoisotopic (exact) mass is 189 g/mol. The highest BCUT2D eigenvalue weighted by molar-refractivity contribution is 6.16. The third-order valence-electron chi connectivity index (χ3n) is 1.24. The number of rotatable bonds is 3. The smallest absolute Gasteiger partial charge is 0.327 e. The fraction of sp³-hybridized carbons (Fsp3) is 0.500. The van der Waals surface area contributed by atoms with Gasteiger partial charge in [-0.1, -0.05) is 5.21 Å². The van der Waals surface area contributed by atoms with Crippen LogP contribution in [-0.4, -0.2) is 28.1 Å². The number of hydrogen-bond acceptors (Lipinski definition) is 4. The molecule has 0 atom stereocenters. The average Bonchev–Trinajstić information content (AvgIpc) is 2.52. The summed E-state index contributed by atoms with van der Waals surface area (Å²) in [6, 6.07) is 0. The van der Waals surface area contributed by atoms with Gasteiger partial charge in [-0.25, -0.2) is 4.68 Å². The van der Waals surface area contributed by atoms with E-state index in [4.69, 9.17) is 11.6 Å². The quantitative estimate of drug-likeness (QED) is 0.503. The van der Waals surface area contributed by atoms with Crippen molar-refractivity contribution < 1.29 is 9.53 Å². The zero-order valence-corrected chi connectivity index (χ0v) is 7.28. The minimum atomic E-state index is -0.360. The molecule has 6 heteroatoms. The molecule has 1 heterocycles. The van der Waals surface area contributed by atoms with Gasteiger partial charge in [-0.15, -0.1) is 16.7 Å². The van der Waals surface area contributed by atoms with Crippen LogP contribution in [0.25, 0.3) is 0 Å². The van der Waals surface area contributed by atoms with Gasteiger partial charge in [0.1, 0.15) is 6.54 Å². The van der Waals surface area contributed by atoms with Crippen LogP contribution in [0.4, 0.5) is 0 Å². The number of hydrogen-bond donors (Lipinski definition) is 0. The van der Waals surface area contributed by atoms with Gasteiger partial charge in [0.15, 0.2) is 0 Å². The number of nitrogens with zero attached hydrogens (tertiary/aromatic N) is 3. The molecule has 12 heavy (non-hydrogen) atoms. The van der Waals surface area contributed by atoms with Gasteiger partial charge in [-0.3, -0.25) is 4.79 Å². The van der Waals surface area contributed by atoms with Gasteiger partial charge in [-0.05, 0) is 0 Å². The zero-order valence-electron chi connectivity index (χ0n) is 6.53. The van der Waals surface area contributed by atoms with E-state index in [0.29, 0.717) is 11.6 Å². The van der Waals surface area contributed by atoms with Gasteiger partial charge >= 0.3 is 5.97 Å². The van der Waals surface area contributed by atoms with Crippen molar-refractivity contribution in [2.24, 2.45) is 0 Å². The first kappa shape index (κ1) is 8.99. The molecule has 1 aromatic heterocycles. The largest absolute Gasteiger partial charge is 0.468 e. The van der Waals surface area contributed by atoms with Crippen LogP contribution in [0.5, 0.6) is 0 Å². The standard InChI is InChI=1S/C6H8ClN3O2/c1-12-6(11)4-10-3-5(2-7)8-9-10/h3H,2,4H2,1H3. The van der Waals surface area contributed by atoms with Gasteiger partial charge in [0.25, 0.3) is 0 Å². The lowest BCUT2D eigenvalue weighted by Gasteiger charge is -1.96. The number of esters is 1. The van der Waals surface area contributed by atoms with E-state index in [1.807, 2.05) is 0 Å². The molecular formula is C6H8ClN3O2. The van der Waals surface area contributed by atoms with Crippen molar-refractivity contribution >= 4 is 17.6 Å². The fourth-order valence-corrected chi connectivity index (χ4v) is 0.796. The predicted molar refractivity (Wildman–Crippen MR) is 41.6 cm³/mol. The number of carbonyl (C=O) groups excluding carboxylic acids is 1. The minimum absolute atomic E-state index is 0.0698. The highest BCUT2D eigenvalue weighted by Crippen LogP contribution is 1.97. The van der Waals surface area contributed by atoms with Gasteiger partial charge in [0.05, 0.1) is 24.9 Å². The molecular weight excluding hydrogens is 182 g/mol. The Morgan fingerprint density at radius 1 is 1.83 bits per heavy atom. The molecule has 0 fully saturated rings. The van der Waals surface area contributed by atoms with E-state index < -0.39 is 0 Å². The molecule has 0 aliphatic rings. The highest BCUT2D eigenvalue weighted by atomic mass is 35.5. The first-order valence-electron chi connectivity index (χ1n) is 3.28. The summed E-state index contributed by atoms with van der Waals surface area (Å²) >= 11 is 5.48. The summed E-state index contributed by atoms with van der Waals surface area (Å²) in [6.07, 6.45) is 1.60. The Bertz CT molecular complexity index is 274. The maximum atomic E-state index is 10.7. The molecule has 0 saturated heterocycles. The summed E-state index contributed by atoms with van der Waals surface area (Å²) in [6.45, 7) is 0.0698. The number of aromatic nitrogens is 3. The summed E-state index contributed by atoms with van der Waals surface area (Å²) in [5.41, 5.74) is 0.639. The van der Waals surface area contributed by atoms with E-state index >= 15 is 0 Å². The lowest BCUT2D eigenvalue weighted by Crippen LogP contribution is -2.11. The Hall–Kier alpha value is -1.10. The van der Waals surface area contributed by atoms with Crippen LogP contribution >= 0.6 is 11.6 Å². The number of carbonyl (C=O) groups is 1. The first-order valence-corrected chi connectivity index (χ1v) is 3.81. The molecule has 0 aliphatic carbocycles. The second kappa shape index (κ2) is 4.06. The van der Waals surface area contributed by atoms with Gasteiger partial charge in [-0.2, -0.15) is 0 Å². The van der Waals surface area contributed by atoms with Crippen LogP contribution in [0.15, 0.2) is 6.20 Å². The SMILES string of the molecule is COC(=O)Cn1cc(CCl)nn1. The van der Waals surface area contributed by atoms with Crippen LogP contribution < -0.4 is 0 Å². The van der Waals surface area contributed by atoms with Crippen LogP contribution in [0.1, 0.15) is 5.69 Å². The summed E-state index contributed by atoms with van der Waals surface area (Å²) < 4.78 is 5.82. The third kappa shape index (κ3) is 2.20. The molecule has 1 aromatic rings. The van der Waals surface area contributed by atoms with Crippen molar-refractivity contribution in [3.63, 3.8) is 0 Å². The van der Waals surface area contributed by atoms with Crippen LogP contribution in [0, 0.1) is 0 Å². The first-order chi connectivity index (χ1) is 5.76. The zero-order chi connectivity index (χ0) is 8.97. The topological polar surface area (TPSA) is 57.0 Å². The summed E-state index contributed by atoms with van der Waals surface area (Å²) in [4.78, 5) is 10.7. The molecule has 0 N–H and O–H groups in total. The molecule has 5 nitrogen and oxygen atoms in total. The molecule has 0 saturated carbocycles. The van der Waals surface area contributed by atoms with Crippen molar-refractivity contribution in [3.8, 4) is 0 Å². The highest BCUT2D eigenvalue weighted by Gasteiger charge is 2.04.